The van der Waals surface area contributed by atoms with Gasteiger partial charge in [-0.2, -0.15) is 0 Å². The molecule has 0 rings (SSSR count). The zero-order chi connectivity index (χ0) is 26.0. The van der Waals surface area contributed by atoms with Crippen molar-refractivity contribution in [3.8, 4) is 0 Å². The van der Waals surface area contributed by atoms with Gasteiger partial charge in [-0.25, -0.2) is 5.90 Å². The summed E-state index contributed by atoms with van der Waals surface area (Å²) < 4.78 is 26.3. The molecule has 0 aromatic carbocycles. The summed E-state index contributed by atoms with van der Waals surface area (Å²) in [6.45, 7) is 12.3. The van der Waals surface area contributed by atoms with E-state index in [-0.39, 0.29) is 16.6 Å². The Hall–Kier alpha value is -0.640. The predicted molar refractivity (Wildman–Crippen MR) is 139 cm³/mol. The lowest BCUT2D eigenvalue weighted by atomic mass is 10.1. The van der Waals surface area contributed by atoms with Gasteiger partial charge in [-0.1, -0.05) is 21.6 Å². The molecule has 0 saturated carbocycles. The van der Waals surface area contributed by atoms with Gasteiger partial charge in [0.25, 0.3) is 0 Å². The number of amides is 2. The van der Waals surface area contributed by atoms with Crippen LogP contribution < -0.4 is 16.5 Å². The first-order valence-corrected chi connectivity index (χ1v) is 14.3. The Morgan fingerprint density at radius 1 is 0.743 bits per heavy atom. The van der Waals surface area contributed by atoms with Gasteiger partial charge >= 0.3 is 0 Å². The largest absolute Gasteiger partial charge is 0.379 e. The molecule has 0 atom stereocenters. The molecule has 13 heteroatoms. The molecule has 0 aliphatic heterocycles. The van der Waals surface area contributed by atoms with Crippen LogP contribution in [0.5, 0.6) is 0 Å². The Kier molecular flexibility index (Phi) is 24.6. The van der Waals surface area contributed by atoms with Crippen molar-refractivity contribution in [1.29, 1.82) is 0 Å². The quantitative estimate of drug-likeness (QED) is 0.0822. The molecule has 2 amide bonds. The van der Waals surface area contributed by atoms with E-state index in [1.54, 1.807) is 21.6 Å². The maximum absolute atomic E-state index is 12.1. The number of nitrogens with one attached hydrogen (secondary N) is 2. The van der Waals surface area contributed by atoms with Crippen LogP contribution in [0.4, 0.5) is 0 Å². The number of carbonyl (C=O) groups is 2. The minimum atomic E-state index is -0.224. The van der Waals surface area contributed by atoms with Crippen LogP contribution in [0, 0.1) is 0 Å². The van der Waals surface area contributed by atoms with Crippen molar-refractivity contribution >= 4 is 33.4 Å². The smallest absolute Gasteiger partial charge is 0.222 e. The van der Waals surface area contributed by atoms with Crippen LogP contribution in [-0.4, -0.2) is 108 Å². The maximum atomic E-state index is 12.1. The lowest BCUT2D eigenvalue weighted by Gasteiger charge is -2.22. The molecule has 0 unspecified atom stereocenters. The summed E-state index contributed by atoms with van der Waals surface area (Å²) in [5, 5.41) is 5.71. The van der Waals surface area contributed by atoms with Crippen molar-refractivity contribution in [1.82, 2.24) is 10.6 Å². The van der Waals surface area contributed by atoms with Crippen molar-refractivity contribution in [3.63, 3.8) is 0 Å². The van der Waals surface area contributed by atoms with Crippen LogP contribution in [0.2, 0.25) is 0 Å². The summed E-state index contributed by atoms with van der Waals surface area (Å²) >= 11 is 0. The van der Waals surface area contributed by atoms with Gasteiger partial charge in [0.05, 0.1) is 66.1 Å². The Bertz CT molecular complexity index is 519. The van der Waals surface area contributed by atoms with Crippen LogP contribution >= 0.6 is 21.6 Å². The average molecular weight is 544 g/mol. The third kappa shape index (κ3) is 26.2. The second-order valence-corrected chi connectivity index (χ2v) is 10.9. The normalized spacial score (nSPS) is 11.5. The summed E-state index contributed by atoms with van der Waals surface area (Å²) in [7, 11) is 3.27. The zero-order valence-electron chi connectivity index (χ0n) is 21.5. The highest BCUT2D eigenvalue weighted by Crippen LogP contribution is 2.37. The summed E-state index contributed by atoms with van der Waals surface area (Å²) in [5.74, 6) is 5.59. The first-order valence-electron chi connectivity index (χ1n) is 12.0. The van der Waals surface area contributed by atoms with E-state index in [1.807, 2.05) is 20.8 Å². The van der Waals surface area contributed by atoms with Crippen molar-refractivity contribution in [2.45, 2.75) is 38.4 Å². The Morgan fingerprint density at radius 3 is 1.91 bits per heavy atom. The highest BCUT2D eigenvalue weighted by molar-refractivity contribution is 8.77. The fourth-order valence-corrected chi connectivity index (χ4v) is 4.85. The fraction of sp³-hybridized carbons (Fsp3) is 0.909. The Morgan fingerprint density at radius 2 is 1.29 bits per heavy atom. The molecular formula is C22H45N3O8S2. The summed E-state index contributed by atoms with van der Waals surface area (Å²) in [6, 6.07) is 0. The molecule has 0 heterocycles. The monoisotopic (exact) mass is 543 g/mol. The molecular weight excluding hydrogens is 498 g/mol. The predicted octanol–water partition coefficient (Wildman–Crippen LogP) is 1.15. The van der Waals surface area contributed by atoms with Crippen molar-refractivity contribution in [2.75, 3.05) is 91.5 Å². The van der Waals surface area contributed by atoms with Gasteiger partial charge in [-0.15, -0.1) is 0 Å². The third-order valence-corrected chi connectivity index (χ3v) is 7.38. The van der Waals surface area contributed by atoms with E-state index in [1.165, 1.54) is 0 Å². The third-order valence-electron chi connectivity index (χ3n) is 4.09. The first-order chi connectivity index (χ1) is 16.9. The van der Waals surface area contributed by atoms with Gasteiger partial charge in [0.1, 0.15) is 0 Å². The SMILES string of the molecule is CCOCCOCCOCCOCCC(=O)NCCSSC(C)(C)CC(=O)NCCOCCON. The lowest BCUT2D eigenvalue weighted by Crippen LogP contribution is -2.32. The molecule has 35 heavy (non-hydrogen) atoms. The van der Waals surface area contributed by atoms with Gasteiger partial charge in [0.15, 0.2) is 0 Å². The second kappa shape index (κ2) is 25.0. The average Bonchev–Trinajstić information content (AvgIpc) is 2.81. The standard InChI is InChI=1S/C22H45N3O8S2/c1-4-28-10-11-31-14-15-32-13-12-29-8-5-20(26)25-7-18-34-35-22(2,3)19-21(27)24-6-9-30-16-17-33-23/h4-19,23H2,1-3H3,(H,24,27)(H,25,26). The highest BCUT2D eigenvalue weighted by Gasteiger charge is 2.22. The van der Waals surface area contributed by atoms with Crippen LogP contribution in [-0.2, 0) is 38.1 Å². The minimum absolute atomic E-state index is 0.0219. The van der Waals surface area contributed by atoms with E-state index in [9.17, 15) is 9.59 Å². The van der Waals surface area contributed by atoms with E-state index < -0.39 is 0 Å². The minimum Gasteiger partial charge on any atom is -0.379 e. The molecule has 0 aliphatic carbocycles. The Balaban J connectivity index is 3.52. The molecule has 4 N–H and O–H groups in total. The van der Waals surface area contributed by atoms with Crippen LogP contribution in [0.1, 0.15) is 33.6 Å². The van der Waals surface area contributed by atoms with Gasteiger partial charge in [0.2, 0.25) is 11.8 Å². The molecule has 0 aliphatic rings. The molecule has 0 aromatic rings. The molecule has 0 radical (unpaired) electrons. The van der Waals surface area contributed by atoms with Crippen LogP contribution in [0.15, 0.2) is 0 Å². The van der Waals surface area contributed by atoms with Crippen LogP contribution in [0.25, 0.3) is 0 Å². The van der Waals surface area contributed by atoms with Gasteiger partial charge in [0, 0.05) is 43.0 Å². The van der Waals surface area contributed by atoms with Crippen molar-refractivity contribution < 1.29 is 38.1 Å². The highest BCUT2D eigenvalue weighted by atomic mass is 33.1. The van der Waals surface area contributed by atoms with Crippen molar-refractivity contribution in [2.24, 2.45) is 5.90 Å². The maximum Gasteiger partial charge on any atom is 0.222 e. The topological polar surface area (TPSA) is 140 Å². The number of rotatable bonds is 26. The number of hydrogen-bond donors (Lipinski definition) is 3. The molecule has 0 saturated heterocycles. The number of hydrogen-bond acceptors (Lipinski definition) is 11. The van der Waals surface area contributed by atoms with Gasteiger partial charge < -0.3 is 39.2 Å². The molecule has 208 valence electrons. The zero-order valence-corrected chi connectivity index (χ0v) is 23.1. The van der Waals surface area contributed by atoms with E-state index in [4.69, 9.17) is 29.6 Å². The molecule has 0 bridgehead atoms. The first kappa shape index (κ1) is 34.4. The summed E-state index contributed by atoms with van der Waals surface area (Å²) in [4.78, 5) is 28.3. The number of carbonyl (C=O) groups excluding carboxylic acids is 2. The van der Waals surface area contributed by atoms with E-state index >= 15 is 0 Å². The number of nitrogens with two attached hydrogens (primary N) is 1. The fourth-order valence-electron chi connectivity index (χ4n) is 2.44. The summed E-state index contributed by atoms with van der Waals surface area (Å²) in [6.07, 6.45) is 0.706. The van der Waals surface area contributed by atoms with Crippen LogP contribution in [0.3, 0.4) is 0 Å². The van der Waals surface area contributed by atoms with E-state index in [0.717, 1.165) is 5.75 Å². The van der Waals surface area contributed by atoms with Gasteiger partial charge in [-0.05, 0) is 20.8 Å². The Labute approximate surface area is 217 Å². The molecule has 0 aromatic heterocycles. The molecule has 11 nitrogen and oxygen atoms in total. The van der Waals surface area contributed by atoms with E-state index in [2.05, 4.69) is 15.5 Å². The van der Waals surface area contributed by atoms with Gasteiger partial charge in [-0.3, -0.25) is 9.59 Å². The molecule has 0 fully saturated rings. The second-order valence-electron chi connectivity index (χ2n) is 7.81. The lowest BCUT2D eigenvalue weighted by molar-refractivity contribution is -0.122. The summed E-state index contributed by atoms with van der Waals surface area (Å²) in [5.41, 5.74) is 0. The molecule has 0 spiro atoms. The van der Waals surface area contributed by atoms with Crippen molar-refractivity contribution in [3.05, 3.63) is 0 Å². The number of ether oxygens (including phenoxy) is 5. The van der Waals surface area contributed by atoms with E-state index in [0.29, 0.717) is 98.6 Å².